The number of nitrogens with zero attached hydrogens (tertiary/aromatic N) is 1. The number of rotatable bonds is 6. The second-order valence-electron chi connectivity index (χ2n) is 5.60. The highest BCUT2D eigenvalue weighted by molar-refractivity contribution is 5.95. The standard InChI is InChI=1S/C16H24N2O3/c1-11(2)10-18(6-5-15(19)21-4)16(20)13-7-12(3)8-14(17)9-13/h7-9,11H,5-6,10,17H2,1-4H3. The molecular weight excluding hydrogens is 268 g/mol. The van der Waals surface area contributed by atoms with Crippen LogP contribution in [0, 0.1) is 12.8 Å². The van der Waals surface area contributed by atoms with Crippen molar-refractivity contribution < 1.29 is 14.3 Å². The van der Waals surface area contributed by atoms with E-state index in [1.165, 1.54) is 7.11 Å². The lowest BCUT2D eigenvalue weighted by molar-refractivity contribution is -0.140. The van der Waals surface area contributed by atoms with Crippen LogP contribution in [0.2, 0.25) is 0 Å². The van der Waals surface area contributed by atoms with Gasteiger partial charge in [0.25, 0.3) is 5.91 Å². The normalized spacial score (nSPS) is 10.5. The summed E-state index contributed by atoms with van der Waals surface area (Å²) in [6.45, 7) is 6.89. The molecule has 0 radical (unpaired) electrons. The van der Waals surface area contributed by atoms with Crippen LogP contribution >= 0.6 is 0 Å². The Morgan fingerprint density at radius 3 is 2.48 bits per heavy atom. The molecule has 0 aromatic heterocycles. The van der Waals surface area contributed by atoms with E-state index in [0.717, 1.165) is 5.56 Å². The van der Waals surface area contributed by atoms with Gasteiger partial charge in [-0.1, -0.05) is 13.8 Å². The lowest BCUT2D eigenvalue weighted by atomic mass is 10.1. The van der Waals surface area contributed by atoms with Gasteiger partial charge in [0, 0.05) is 24.3 Å². The Kier molecular flexibility index (Phi) is 6.21. The lowest BCUT2D eigenvalue weighted by Gasteiger charge is -2.24. The van der Waals surface area contributed by atoms with Crippen LogP contribution in [0.1, 0.15) is 36.2 Å². The van der Waals surface area contributed by atoms with Crippen LogP contribution in [0.5, 0.6) is 0 Å². The average molecular weight is 292 g/mol. The predicted molar refractivity (Wildman–Crippen MR) is 83.0 cm³/mol. The summed E-state index contributed by atoms with van der Waals surface area (Å²) in [5.74, 6) is -0.114. The van der Waals surface area contributed by atoms with Crippen molar-refractivity contribution in [3.63, 3.8) is 0 Å². The second kappa shape index (κ2) is 7.67. The highest BCUT2D eigenvalue weighted by Gasteiger charge is 2.18. The molecule has 0 unspecified atom stereocenters. The van der Waals surface area contributed by atoms with E-state index in [1.54, 1.807) is 11.0 Å². The predicted octanol–water partition coefficient (Wildman–Crippen LogP) is 2.24. The van der Waals surface area contributed by atoms with Gasteiger partial charge in [0.1, 0.15) is 0 Å². The maximum absolute atomic E-state index is 12.6. The summed E-state index contributed by atoms with van der Waals surface area (Å²) in [7, 11) is 1.35. The summed E-state index contributed by atoms with van der Waals surface area (Å²) in [5.41, 5.74) is 7.86. The molecule has 0 bridgehead atoms. The number of esters is 1. The largest absolute Gasteiger partial charge is 0.469 e. The molecule has 5 heteroatoms. The van der Waals surface area contributed by atoms with Gasteiger partial charge in [-0.3, -0.25) is 9.59 Å². The molecule has 2 N–H and O–H groups in total. The fourth-order valence-corrected chi connectivity index (χ4v) is 2.16. The van der Waals surface area contributed by atoms with Crippen molar-refractivity contribution in [2.45, 2.75) is 27.2 Å². The first-order valence-electron chi connectivity index (χ1n) is 7.06. The number of nitrogens with two attached hydrogens (primary N) is 1. The summed E-state index contributed by atoms with van der Waals surface area (Å²) in [4.78, 5) is 25.6. The number of hydrogen-bond acceptors (Lipinski definition) is 4. The fourth-order valence-electron chi connectivity index (χ4n) is 2.16. The van der Waals surface area contributed by atoms with Crippen LogP contribution in [0.3, 0.4) is 0 Å². The minimum absolute atomic E-state index is 0.108. The first kappa shape index (κ1) is 17.0. The van der Waals surface area contributed by atoms with Gasteiger partial charge >= 0.3 is 5.97 Å². The quantitative estimate of drug-likeness (QED) is 0.644. The minimum Gasteiger partial charge on any atom is -0.469 e. The van der Waals surface area contributed by atoms with Gasteiger partial charge in [0.2, 0.25) is 0 Å². The van der Waals surface area contributed by atoms with Crippen LogP contribution in [0.4, 0.5) is 5.69 Å². The van der Waals surface area contributed by atoms with Crippen LogP contribution in [0.15, 0.2) is 18.2 Å². The van der Waals surface area contributed by atoms with Crippen molar-refractivity contribution in [1.29, 1.82) is 0 Å². The number of hydrogen-bond donors (Lipinski definition) is 1. The summed E-state index contributed by atoms with van der Waals surface area (Å²) < 4.78 is 4.63. The van der Waals surface area contributed by atoms with Gasteiger partial charge in [-0.2, -0.15) is 0 Å². The van der Waals surface area contributed by atoms with Gasteiger partial charge in [-0.05, 0) is 36.6 Å². The van der Waals surface area contributed by atoms with Crippen LogP contribution in [0.25, 0.3) is 0 Å². The Balaban J connectivity index is 2.90. The average Bonchev–Trinajstić information content (AvgIpc) is 2.40. The van der Waals surface area contributed by atoms with Crippen LogP contribution < -0.4 is 5.73 Å². The molecule has 0 spiro atoms. The van der Waals surface area contributed by atoms with E-state index >= 15 is 0 Å². The molecule has 0 aliphatic carbocycles. The van der Waals surface area contributed by atoms with E-state index < -0.39 is 0 Å². The first-order chi connectivity index (χ1) is 9.83. The monoisotopic (exact) mass is 292 g/mol. The topological polar surface area (TPSA) is 72.6 Å². The van der Waals surface area contributed by atoms with Gasteiger partial charge in [-0.15, -0.1) is 0 Å². The molecule has 1 rings (SSSR count). The number of nitrogen functional groups attached to an aromatic ring is 1. The van der Waals surface area contributed by atoms with E-state index in [9.17, 15) is 9.59 Å². The van der Waals surface area contributed by atoms with Crippen LogP contribution in [-0.4, -0.2) is 37.0 Å². The molecule has 21 heavy (non-hydrogen) atoms. The van der Waals surface area contributed by atoms with Gasteiger partial charge < -0.3 is 15.4 Å². The fraction of sp³-hybridized carbons (Fsp3) is 0.500. The van der Waals surface area contributed by atoms with Crippen molar-refractivity contribution in [2.75, 3.05) is 25.9 Å². The smallest absolute Gasteiger partial charge is 0.307 e. The number of carbonyl (C=O) groups is 2. The number of methoxy groups -OCH3 is 1. The van der Waals surface area contributed by atoms with E-state index in [-0.39, 0.29) is 18.3 Å². The highest BCUT2D eigenvalue weighted by Crippen LogP contribution is 2.15. The zero-order valence-electron chi connectivity index (χ0n) is 13.2. The molecule has 0 fully saturated rings. The van der Waals surface area contributed by atoms with Gasteiger partial charge in [0.05, 0.1) is 13.5 Å². The molecule has 0 saturated carbocycles. The zero-order valence-corrected chi connectivity index (χ0v) is 13.2. The summed E-state index contributed by atoms with van der Waals surface area (Å²) in [6.07, 6.45) is 0.191. The summed E-state index contributed by atoms with van der Waals surface area (Å²) >= 11 is 0. The third-order valence-corrected chi connectivity index (χ3v) is 3.03. The van der Waals surface area contributed by atoms with Crippen LogP contribution in [-0.2, 0) is 9.53 Å². The highest BCUT2D eigenvalue weighted by atomic mass is 16.5. The number of aryl methyl sites for hydroxylation is 1. The van der Waals surface area contributed by atoms with Crippen molar-refractivity contribution >= 4 is 17.6 Å². The van der Waals surface area contributed by atoms with E-state index in [0.29, 0.717) is 30.3 Å². The Hall–Kier alpha value is -2.04. The SMILES string of the molecule is COC(=O)CCN(CC(C)C)C(=O)c1cc(C)cc(N)c1. The van der Waals surface area contributed by atoms with Crippen molar-refractivity contribution in [3.8, 4) is 0 Å². The third-order valence-electron chi connectivity index (χ3n) is 3.03. The molecule has 5 nitrogen and oxygen atoms in total. The number of amides is 1. The summed E-state index contributed by atoms with van der Waals surface area (Å²) in [5, 5.41) is 0. The number of anilines is 1. The lowest BCUT2D eigenvalue weighted by Crippen LogP contribution is -2.36. The maximum Gasteiger partial charge on any atom is 0.307 e. The third kappa shape index (κ3) is 5.45. The van der Waals surface area contributed by atoms with Crippen molar-refractivity contribution in [2.24, 2.45) is 5.92 Å². The molecule has 1 aromatic rings. The van der Waals surface area contributed by atoms with Gasteiger partial charge in [-0.25, -0.2) is 0 Å². The zero-order chi connectivity index (χ0) is 16.0. The molecule has 116 valence electrons. The van der Waals surface area contributed by atoms with E-state index in [4.69, 9.17) is 5.73 Å². The Labute approximate surface area is 126 Å². The Morgan fingerprint density at radius 1 is 1.29 bits per heavy atom. The molecule has 1 aromatic carbocycles. The van der Waals surface area contributed by atoms with E-state index in [1.807, 2.05) is 32.9 Å². The molecule has 0 aliphatic rings. The number of benzene rings is 1. The first-order valence-corrected chi connectivity index (χ1v) is 7.06. The molecular formula is C16H24N2O3. The summed E-state index contributed by atoms with van der Waals surface area (Å²) in [6, 6.07) is 5.29. The van der Waals surface area contributed by atoms with E-state index in [2.05, 4.69) is 4.74 Å². The molecule has 0 saturated heterocycles. The Morgan fingerprint density at radius 2 is 1.95 bits per heavy atom. The molecule has 0 aliphatic heterocycles. The second-order valence-corrected chi connectivity index (χ2v) is 5.60. The van der Waals surface area contributed by atoms with Crippen molar-refractivity contribution in [3.05, 3.63) is 29.3 Å². The molecule has 0 atom stereocenters. The van der Waals surface area contributed by atoms with Crippen molar-refractivity contribution in [1.82, 2.24) is 4.90 Å². The maximum atomic E-state index is 12.6. The minimum atomic E-state index is -0.319. The molecule has 1 amide bonds. The number of carbonyl (C=O) groups excluding carboxylic acids is 2. The number of ether oxygens (including phenoxy) is 1. The Bertz CT molecular complexity index is 492. The van der Waals surface area contributed by atoms with Gasteiger partial charge in [0.15, 0.2) is 0 Å². The molecule has 0 heterocycles.